The normalized spacial score (nSPS) is 48.6. The molecule has 4 fully saturated rings. The molecule has 1 amide bonds. The highest BCUT2D eigenvalue weighted by Gasteiger charge is 2.59. The third kappa shape index (κ3) is 7.46. The third-order valence-corrected chi connectivity index (χ3v) is 8.81. The Labute approximate surface area is 249 Å². The van der Waals surface area contributed by atoms with E-state index in [4.69, 9.17) is 47.6 Å². The topological polar surface area (TPSA) is 330 Å². The molecule has 43 heavy (non-hydrogen) atoms. The van der Waals surface area contributed by atoms with E-state index >= 15 is 0 Å². The van der Waals surface area contributed by atoms with Crippen LogP contribution in [0.15, 0.2) is 0 Å². The Morgan fingerprint density at radius 3 is 2.16 bits per heavy atom. The van der Waals surface area contributed by atoms with Crippen LogP contribution in [0.4, 0.5) is 0 Å². The summed E-state index contributed by atoms with van der Waals surface area (Å²) in [7, 11) is 0. The number of rotatable bonds is 12. The van der Waals surface area contributed by atoms with Gasteiger partial charge in [-0.3, -0.25) is 4.79 Å². The molecule has 0 spiro atoms. The lowest BCUT2D eigenvalue weighted by Crippen LogP contribution is -2.69. The standard InChI is InChI=1S/C25H49N7O11/c26-2-1-3-31-11-5-12(34)13(7-27)40-22(11)42-20-9(28)4-10(32-24(38)25(39)6-15(25)29)21(19(20)37)43-23-18(36)16(30)17(35)14(8-33)41-23/h9-23,31,33-37,39H,1-8,26-30H2,(H,32,38)/t9-,10+,11+,12-,13+,14+,15?,16-,17+,18+,19-,20+,21-,22+,23+,25?/m0/s1. The number of nitrogens with two attached hydrogens (primary N) is 5. The summed E-state index contributed by atoms with van der Waals surface area (Å²) in [6.45, 7) is 0.312. The highest BCUT2D eigenvalue weighted by molar-refractivity contribution is 5.89. The van der Waals surface area contributed by atoms with Crippen LogP contribution < -0.4 is 39.3 Å². The van der Waals surface area contributed by atoms with Gasteiger partial charge in [-0.25, -0.2) is 0 Å². The summed E-state index contributed by atoms with van der Waals surface area (Å²) in [5, 5.41) is 69.0. The first-order valence-electron chi connectivity index (χ1n) is 14.7. The molecule has 2 saturated heterocycles. The monoisotopic (exact) mass is 623 g/mol. The van der Waals surface area contributed by atoms with Gasteiger partial charge in [0, 0.05) is 25.0 Å². The van der Waals surface area contributed by atoms with Gasteiger partial charge in [-0.2, -0.15) is 0 Å². The molecular formula is C25H49N7O11. The zero-order chi connectivity index (χ0) is 31.6. The number of amides is 1. The first kappa shape index (κ1) is 34.7. The predicted octanol–water partition coefficient (Wildman–Crippen LogP) is -7.70. The molecule has 2 unspecified atom stereocenters. The maximum absolute atomic E-state index is 12.9. The molecule has 2 aliphatic heterocycles. The van der Waals surface area contributed by atoms with Crippen molar-refractivity contribution in [2.75, 3.05) is 26.2 Å². The second-order valence-corrected chi connectivity index (χ2v) is 12.0. The van der Waals surface area contributed by atoms with Crippen molar-refractivity contribution in [2.45, 2.75) is 123 Å². The molecular weight excluding hydrogens is 574 g/mol. The van der Waals surface area contributed by atoms with Gasteiger partial charge in [-0.05, 0) is 32.4 Å². The van der Waals surface area contributed by atoms with Crippen LogP contribution in [0.25, 0.3) is 0 Å². The summed E-state index contributed by atoms with van der Waals surface area (Å²) < 4.78 is 23.7. The summed E-state index contributed by atoms with van der Waals surface area (Å²) in [5.74, 6) is -0.789. The van der Waals surface area contributed by atoms with Crippen molar-refractivity contribution >= 4 is 5.91 Å². The lowest BCUT2D eigenvalue weighted by atomic mass is 9.83. The van der Waals surface area contributed by atoms with Crippen LogP contribution >= 0.6 is 0 Å². The lowest BCUT2D eigenvalue weighted by Gasteiger charge is -2.49. The quantitative estimate of drug-likeness (QED) is 0.0897. The molecule has 18 N–H and O–H groups in total. The smallest absolute Gasteiger partial charge is 0.253 e. The minimum absolute atomic E-state index is 0.00967. The van der Waals surface area contributed by atoms with Gasteiger partial charge in [-0.15, -0.1) is 0 Å². The first-order chi connectivity index (χ1) is 20.4. The molecule has 2 saturated carbocycles. The van der Waals surface area contributed by atoms with Crippen LogP contribution in [0.2, 0.25) is 0 Å². The summed E-state index contributed by atoms with van der Waals surface area (Å²) in [4.78, 5) is 12.9. The number of nitrogens with one attached hydrogen (secondary N) is 2. The van der Waals surface area contributed by atoms with E-state index < -0.39 is 110 Å². The second-order valence-electron chi connectivity index (χ2n) is 12.0. The molecule has 0 aromatic heterocycles. The summed E-state index contributed by atoms with van der Waals surface area (Å²) >= 11 is 0. The minimum atomic E-state index is -1.79. The van der Waals surface area contributed by atoms with Gasteiger partial charge in [0.25, 0.3) is 5.91 Å². The minimum Gasteiger partial charge on any atom is -0.394 e. The van der Waals surface area contributed by atoms with Gasteiger partial charge in [0.1, 0.15) is 36.6 Å². The number of aliphatic hydroxyl groups is 6. The molecule has 16 atom stereocenters. The second kappa shape index (κ2) is 14.5. The molecule has 0 radical (unpaired) electrons. The Bertz CT molecular complexity index is 927. The van der Waals surface area contributed by atoms with E-state index in [1.54, 1.807) is 0 Å². The van der Waals surface area contributed by atoms with Crippen molar-refractivity contribution in [3.05, 3.63) is 0 Å². The Balaban J connectivity index is 1.56. The van der Waals surface area contributed by atoms with Crippen LogP contribution in [-0.4, -0.2) is 160 Å². The SMILES string of the molecule is NCCCN[C@@H]1C[C@H](O)[C@@H](CN)O[C@@H]1O[C@H]1[C@H](O)[C@@H](O[C@H]2O[C@H](CO)[C@@H](O)[C@H](N)[C@H]2O)[C@H](NC(=O)C2(O)CC2N)C[C@@H]1N. The summed E-state index contributed by atoms with van der Waals surface area (Å²) in [6.07, 6.45) is -11.5. The first-order valence-corrected chi connectivity index (χ1v) is 14.7. The number of carbonyl (C=O) groups excluding carboxylic acids is 1. The maximum atomic E-state index is 12.9. The summed E-state index contributed by atoms with van der Waals surface area (Å²) in [5.41, 5.74) is 27.7. The number of hydrogen-bond donors (Lipinski definition) is 13. The molecule has 2 heterocycles. The van der Waals surface area contributed by atoms with Crippen molar-refractivity contribution < 1.29 is 54.4 Å². The highest BCUT2D eigenvalue weighted by atomic mass is 16.7. The zero-order valence-electron chi connectivity index (χ0n) is 23.9. The van der Waals surface area contributed by atoms with Gasteiger partial charge in [-0.1, -0.05) is 0 Å². The molecule has 0 bridgehead atoms. The highest BCUT2D eigenvalue weighted by Crippen LogP contribution is 2.36. The fourth-order valence-corrected chi connectivity index (χ4v) is 5.90. The summed E-state index contributed by atoms with van der Waals surface area (Å²) in [6, 6.07) is -4.47. The van der Waals surface area contributed by atoms with E-state index in [0.29, 0.717) is 19.5 Å². The zero-order valence-corrected chi connectivity index (χ0v) is 23.9. The van der Waals surface area contributed by atoms with Gasteiger partial charge in [0.2, 0.25) is 0 Å². The molecule has 250 valence electrons. The lowest BCUT2D eigenvalue weighted by molar-refractivity contribution is -0.316. The maximum Gasteiger partial charge on any atom is 0.253 e. The van der Waals surface area contributed by atoms with Crippen molar-refractivity contribution in [1.29, 1.82) is 0 Å². The van der Waals surface area contributed by atoms with E-state index in [9.17, 15) is 35.4 Å². The van der Waals surface area contributed by atoms with Crippen LogP contribution in [-0.2, 0) is 23.7 Å². The van der Waals surface area contributed by atoms with Crippen LogP contribution in [0.5, 0.6) is 0 Å². The van der Waals surface area contributed by atoms with E-state index in [1.807, 2.05) is 0 Å². The fraction of sp³-hybridized carbons (Fsp3) is 0.960. The molecule has 18 heteroatoms. The van der Waals surface area contributed by atoms with E-state index in [-0.39, 0.29) is 25.8 Å². The van der Waals surface area contributed by atoms with Crippen molar-refractivity contribution in [3.63, 3.8) is 0 Å². The average Bonchev–Trinajstić information content (AvgIpc) is 3.60. The van der Waals surface area contributed by atoms with Gasteiger partial charge < -0.3 is 88.9 Å². The van der Waals surface area contributed by atoms with E-state index in [2.05, 4.69) is 10.6 Å². The Hall–Kier alpha value is -1.17. The molecule has 0 aromatic carbocycles. The number of ether oxygens (including phenoxy) is 4. The molecule has 4 rings (SSSR count). The van der Waals surface area contributed by atoms with Crippen molar-refractivity contribution in [2.24, 2.45) is 28.7 Å². The predicted molar refractivity (Wildman–Crippen MR) is 147 cm³/mol. The largest absolute Gasteiger partial charge is 0.394 e. The molecule has 2 aliphatic carbocycles. The molecule has 0 aromatic rings. The van der Waals surface area contributed by atoms with Crippen molar-refractivity contribution in [1.82, 2.24) is 10.6 Å². The van der Waals surface area contributed by atoms with E-state index in [1.165, 1.54) is 0 Å². The Kier molecular flexibility index (Phi) is 11.7. The molecule has 4 aliphatic rings. The van der Waals surface area contributed by atoms with Gasteiger partial charge in [0.05, 0.1) is 36.9 Å². The van der Waals surface area contributed by atoms with Gasteiger partial charge in [0.15, 0.2) is 18.2 Å². The van der Waals surface area contributed by atoms with E-state index in [0.717, 1.165) is 0 Å². The van der Waals surface area contributed by atoms with Crippen LogP contribution in [0.1, 0.15) is 25.7 Å². The Morgan fingerprint density at radius 1 is 0.907 bits per heavy atom. The third-order valence-electron chi connectivity index (χ3n) is 8.81. The van der Waals surface area contributed by atoms with Gasteiger partial charge >= 0.3 is 0 Å². The van der Waals surface area contributed by atoms with Crippen LogP contribution in [0.3, 0.4) is 0 Å². The number of aliphatic hydroxyl groups excluding tert-OH is 5. The van der Waals surface area contributed by atoms with Crippen molar-refractivity contribution in [3.8, 4) is 0 Å². The number of hydrogen-bond acceptors (Lipinski definition) is 17. The number of carbonyl (C=O) groups is 1. The van der Waals surface area contributed by atoms with Crippen LogP contribution in [0, 0.1) is 0 Å². The average molecular weight is 624 g/mol. The molecule has 18 nitrogen and oxygen atoms in total. The fourth-order valence-electron chi connectivity index (χ4n) is 5.90. The Morgan fingerprint density at radius 2 is 1.56 bits per heavy atom.